The Labute approximate surface area is 159 Å². The first-order chi connectivity index (χ1) is 13.2. The van der Waals surface area contributed by atoms with E-state index in [0.717, 1.165) is 23.5 Å². The van der Waals surface area contributed by atoms with Crippen molar-refractivity contribution < 1.29 is 23.1 Å². The first-order valence-corrected chi connectivity index (χ1v) is 8.61. The Morgan fingerprint density at radius 3 is 2.64 bits per heavy atom. The van der Waals surface area contributed by atoms with E-state index in [1.165, 1.54) is 6.07 Å². The van der Waals surface area contributed by atoms with Crippen LogP contribution in [-0.4, -0.2) is 25.8 Å². The second kappa shape index (κ2) is 7.84. The summed E-state index contributed by atoms with van der Waals surface area (Å²) in [4.78, 5) is 15.1. The van der Waals surface area contributed by atoms with Gasteiger partial charge in [0.25, 0.3) is 0 Å². The van der Waals surface area contributed by atoms with Gasteiger partial charge < -0.3 is 5.11 Å². The third-order valence-corrected chi connectivity index (χ3v) is 4.19. The molecule has 3 rings (SSSR count). The number of pyridine rings is 1. The number of hydrogen-bond acceptors (Lipinski definition) is 3. The molecule has 0 saturated heterocycles. The van der Waals surface area contributed by atoms with E-state index in [-0.39, 0.29) is 19.3 Å². The van der Waals surface area contributed by atoms with Gasteiger partial charge in [-0.15, -0.1) is 0 Å². The van der Waals surface area contributed by atoms with E-state index in [1.54, 1.807) is 29.1 Å². The van der Waals surface area contributed by atoms with Crippen LogP contribution in [0.4, 0.5) is 13.2 Å². The van der Waals surface area contributed by atoms with Gasteiger partial charge in [0.05, 0.1) is 23.4 Å². The minimum Gasteiger partial charge on any atom is -0.481 e. The smallest absolute Gasteiger partial charge is 0.416 e. The van der Waals surface area contributed by atoms with Crippen molar-refractivity contribution in [2.24, 2.45) is 0 Å². The number of benzene rings is 1. The van der Waals surface area contributed by atoms with Gasteiger partial charge in [-0.3, -0.25) is 9.78 Å². The van der Waals surface area contributed by atoms with E-state index in [2.05, 4.69) is 10.1 Å². The zero-order chi connectivity index (χ0) is 20.3. The number of aromatic nitrogens is 3. The minimum atomic E-state index is -4.41. The van der Waals surface area contributed by atoms with Crippen LogP contribution in [0.5, 0.6) is 0 Å². The molecule has 0 spiro atoms. The summed E-state index contributed by atoms with van der Waals surface area (Å²) in [6, 6.07) is 10.4. The Morgan fingerprint density at radius 2 is 1.96 bits per heavy atom. The molecule has 0 unspecified atom stereocenters. The molecule has 3 aromatic rings. The summed E-state index contributed by atoms with van der Waals surface area (Å²) in [7, 11) is 0. The van der Waals surface area contributed by atoms with Crippen LogP contribution in [0.2, 0.25) is 0 Å². The van der Waals surface area contributed by atoms with Crippen molar-refractivity contribution in [2.75, 3.05) is 0 Å². The van der Waals surface area contributed by atoms with E-state index in [9.17, 15) is 18.0 Å². The van der Waals surface area contributed by atoms with Gasteiger partial charge in [0.1, 0.15) is 0 Å². The zero-order valence-corrected chi connectivity index (χ0v) is 15.1. The normalized spacial score (nSPS) is 11.6. The largest absolute Gasteiger partial charge is 0.481 e. The molecule has 0 aliphatic carbocycles. The molecule has 5 nitrogen and oxygen atoms in total. The molecule has 0 aliphatic heterocycles. The van der Waals surface area contributed by atoms with Gasteiger partial charge in [-0.2, -0.15) is 18.3 Å². The third kappa shape index (κ3) is 4.76. The van der Waals surface area contributed by atoms with Crippen LogP contribution < -0.4 is 0 Å². The van der Waals surface area contributed by atoms with Gasteiger partial charge in [-0.25, -0.2) is 4.68 Å². The minimum absolute atomic E-state index is 0.0707. The molecular weight excluding hydrogens is 371 g/mol. The molecule has 146 valence electrons. The third-order valence-electron chi connectivity index (χ3n) is 4.19. The Morgan fingerprint density at radius 1 is 1.18 bits per heavy atom. The Bertz CT molecular complexity index is 996. The molecule has 0 saturated carbocycles. The highest BCUT2D eigenvalue weighted by atomic mass is 19.4. The number of aliphatic carboxylic acids is 1. The topological polar surface area (TPSA) is 68.0 Å². The second-order valence-electron chi connectivity index (χ2n) is 6.46. The molecule has 8 heteroatoms. The SMILES string of the molecule is Cc1cc(-n2nc(Cc3cccc(C(F)(F)F)c3)cc2CCC(=O)O)ccn1. The summed E-state index contributed by atoms with van der Waals surface area (Å²) < 4.78 is 40.4. The van der Waals surface area contributed by atoms with Crippen molar-refractivity contribution >= 4 is 5.97 Å². The summed E-state index contributed by atoms with van der Waals surface area (Å²) in [6.07, 6.45) is -2.39. The molecular formula is C20H18F3N3O2. The fourth-order valence-electron chi connectivity index (χ4n) is 2.93. The first kappa shape index (κ1) is 19.6. The molecule has 1 N–H and O–H groups in total. The van der Waals surface area contributed by atoms with Crippen molar-refractivity contribution in [1.29, 1.82) is 0 Å². The number of carbonyl (C=O) groups is 1. The predicted octanol–water partition coefficient (Wildman–Crippen LogP) is 4.20. The maximum Gasteiger partial charge on any atom is 0.416 e. The maximum absolute atomic E-state index is 12.9. The molecule has 0 radical (unpaired) electrons. The molecule has 0 aliphatic rings. The van der Waals surface area contributed by atoms with Gasteiger partial charge in [-0.1, -0.05) is 18.2 Å². The molecule has 28 heavy (non-hydrogen) atoms. The van der Waals surface area contributed by atoms with Crippen LogP contribution in [-0.2, 0) is 23.8 Å². The van der Waals surface area contributed by atoms with Gasteiger partial charge in [0, 0.05) is 30.4 Å². The lowest BCUT2D eigenvalue weighted by Crippen LogP contribution is -2.06. The van der Waals surface area contributed by atoms with Gasteiger partial charge in [0.2, 0.25) is 0 Å². The molecule has 0 amide bonds. The average molecular weight is 389 g/mol. The van der Waals surface area contributed by atoms with Crippen LogP contribution in [0.3, 0.4) is 0 Å². The van der Waals surface area contributed by atoms with Crippen LogP contribution >= 0.6 is 0 Å². The fourth-order valence-corrected chi connectivity index (χ4v) is 2.93. The maximum atomic E-state index is 12.9. The van der Waals surface area contributed by atoms with Crippen LogP contribution in [0, 0.1) is 6.92 Å². The van der Waals surface area contributed by atoms with Gasteiger partial charge in [-0.05, 0) is 36.8 Å². The van der Waals surface area contributed by atoms with E-state index in [1.807, 2.05) is 13.0 Å². The fraction of sp³-hybridized carbons (Fsp3) is 0.250. The number of halogens is 3. The lowest BCUT2D eigenvalue weighted by atomic mass is 10.1. The van der Waals surface area contributed by atoms with Crippen molar-refractivity contribution in [3.8, 4) is 5.69 Å². The van der Waals surface area contributed by atoms with Crippen molar-refractivity contribution in [3.05, 3.63) is 76.9 Å². The summed E-state index contributed by atoms with van der Waals surface area (Å²) in [5, 5.41) is 13.5. The first-order valence-electron chi connectivity index (χ1n) is 8.61. The second-order valence-corrected chi connectivity index (χ2v) is 6.46. The number of rotatable bonds is 6. The Hall–Kier alpha value is -3.16. The summed E-state index contributed by atoms with van der Waals surface area (Å²) in [5.41, 5.74) is 2.51. The Kier molecular flexibility index (Phi) is 5.48. The molecule has 1 aromatic carbocycles. The zero-order valence-electron chi connectivity index (χ0n) is 15.1. The molecule has 2 aromatic heterocycles. The monoisotopic (exact) mass is 389 g/mol. The van der Waals surface area contributed by atoms with Gasteiger partial charge in [0.15, 0.2) is 0 Å². The molecule has 0 atom stereocenters. The summed E-state index contributed by atoms with van der Waals surface area (Å²) in [6.45, 7) is 1.83. The number of carboxylic acid groups (broad SMARTS) is 1. The lowest BCUT2D eigenvalue weighted by Gasteiger charge is -2.08. The predicted molar refractivity (Wildman–Crippen MR) is 96.3 cm³/mol. The highest BCUT2D eigenvalue weighted by molar-refractivity contribution is 5.67. The number of alkyl halides is 3. The molecule has 0 fully saturated rings. The quantitative estimate of drug-likeness (QED) is 0.686. The van der Waals surface area contributed by atoms with Gasteiger partial charge >= 0.3 is 12.1 Å². The van der Waals surface area contributed by atoms with E-state index < -0.39 is 17.7 Å². The number of hydrogen-bond donors (Lipinski definition) is 1. The molecule has 0 bridgehead atoms. The highest BCUT2D eigenvalue weighted by Gasteiger charge is 2.30. The van der Waals surface area contributed by atoms with Crippen molar-refractivity contribution in [2.45, 2.75) is 32.4 Å². The van der Waals surface area contributed by atoms with Crippen molar-refractivity contribution in [1.82, 2.24) is 14.8 Å². The van der Waals surface area contributed by atoms with E-state index in [0.29, 0.717) is 17.0 Å². The standard InChI is InChI=1S/C20H18F3N3O2/c1-13-9-18(7-8-24-13)26-17(5-6-19(27)28)12-16(25-26)11-14-3-2-4-15(10-14)20(21,22)23/h2-4,7-10,12H,5-6,11H2,1H3,(H,27,28). The van der Waals surface area contributed by atoms with E-state index in [4.69, 9.17) is 5.11 Å². The highest BCUT2D eigenvalue weighted by Crippen LogP contribution is 2.30. The average Bonchev–Trinajstić information content (AvgIpc) is 3.02. The summed E-state index contributed by atoms with van der Waals surface area (Å²) in [5.74, 6) is -0.932. The summed E-state index contributed by atoms with van der Waals surface area (Å²) >= 11 is 0. The number of carboxylic acids is 1. The van der Waals surface area contributed by atoms with Crippen LogP contribution in [0.25, 0.3) is 5.69 Å². The molecule has 2 heterocycles. The number of aryl methyl sites for hydroxylation is 2. The van der Waals surface area contributed by atoms with Crippen LogP contribution in [0.1, 0.15) is 34.6 Å². The van der Waals surface area contributed by atoms with Crippen molar-refractivity contribution in [3.63, 3.8) is 0 Å². The Balaban J connectivity index is 1.94. The lowest BCUT2D eigenvalue weighted by molar-refractivity contribution is -0.138. The van der Waals surface area contributed by atoms with Crippen LogP contribution in [0.15, 0.2) is 48.7 Å². The van der Waals surface area contributed by atoms with E-state index >= 15 is 0 Å². The number of nitrogens with zero attached hydrogens (tertiary/aromatic N) is 3.